The van der Waals surface area contributed by atoms with Gasteiger partial charge in [0.15, 0.2) is 0 Å². The number of nitrogens with zero attached hydrogens (tertiary/aromatic N) is 3. The zero-order chi connectivity index (χ0) is 20.9. The van der Waals surface area contributed by atoms with Crippen molar-refractivity contribution in [3.8, 4) is 0 Å². The summed E-state index contributed by atoms with van der Waals surface area (Å²) in [6.45, 7) is 2.18. The number of fused-ring (bicyclic) bond motifs is 3. The van der Waals surface area contributed by atoms with E-state index in [0.717, 1.165) is 17.0 Å². The van der Waals surface area contributed by atoms with Crippen LogP contribution in [-0.2, 0) is 5.41 Å². The van der Waals surface area contributed by atoms with Crippen molar-refractivity contribution in [1.82, 2.24) is 5.01 Å². The number of carbonyl (C=O) groups excluding carboxylic acids is 1. The molecule has 150 valence electrons. The van der Waals surface area contributed by atoms with Gasteiger partial charge in [-0.2, -0.15) is 5.10 Å². The van der Waals surface area contributed by atoms with Crippen molar-refractivity contribution in [2.75, 3.05) is 11.9 Å². The molecule has 5 rings (SSSR count). The first-order valence-electron chi connectivity index (χ1n) is 10.0. The van der Waals surface area contributed by atoms with Crippen LogP contribution in [0.15, 0.2) is 84.0 Å². The topological polar surface area (TPSA) is 35.9 Å². The summed E-state index contributed by atoms with van der Waals surface area (Å²) in [5.41, 5.74) is 4.15. The molecule has 0 unspecified atom stereocenters. The molecule has 5 heteroatoms. The lowest BCUT2D eigenvalue weighted by Gasteiger charge is -2.44. The Bertz CT molecular complexity index is 1140. The number of hydrogen-bond acceptors (Lipinski definition) is 3. The molecule has 1 amide bonds. The van der Waals surface area contributed by atoms with E-state index >= 15 is 0 Å². The van der Waals surface area contributed by atoms with E-state index in [4.69, 9.17) is 5.10 Å². The Kier molecular flexibility index (Phi) is 4.21. The van der Waals surface area contributed by atoms with Gasteiger partial charge in [-0.15, -0.1) is 0 Å². The van der Waals surface area contributed by atoms with Crippen LogP contribution in [0.1, 0.15) is 34.8 Å². The van der Waals surface area contributed by atoms with Gasteiger partial charge in [-0.05, 0) is 41.5 Å². The summed E-state index contributed by atoms with van der Waals surface area (Å²) < 4.78 is 13.5. The fourth-order valence-electron chi connectivity index (χ4n) is 4.82. The van der Waals surface area contributed by atoms with Gasteiger partial charge in [-0.1, -0.05) is 55.5 Å². The number of benzene rings is 3. The molecule has 0 radical (unpaired) electrons. The minimum absolute atomic E-state index is 0.147. The molecule has 4 nitrogen and oxygen atoms in total. The van der Waals surface area contributed by atoms with Crippen LogP contribution in [0, 0.1) is 5.82 Å². The maximum atomic E-state index is 13.5. The molecule has 30 heavy (non-hydrogen) atoms. The van der Waals surface area contributed by atoms with Crippen LogP contribution in [0.3, 0.4) is 0 Å². The lowest BCUT2D eigenvalue weighted by molar-refractivity contribution is 0.0581. The number of carbonyl (C=O) groups is 1. The molecule has 0 N–H and O–H groups in total. The maximum Gasteiger partial charge on any atom is 0.275 e. The first-order chi connectivity index (χ1) is 14.5. The number of anilines is 1. The highest BCUT2D eigenvalue weighted by molar-refractivity contribution is 6.04. The van der Waals surface area contributed by atoms with Crippen LogP contribution in [0.25, 0.3) is 0 Å². The fourth-order valence-corrected chi connectivity index (χ4v) is 4.82. The van der Waals surface area contributed by atoms with Crippen LogP contribution in [-0.4, -0.2) is 29.8 Å². The number of likely N-dealkylation sites (N-methyl/N-ethyl adjacent to an activating group) is 1. The molecular formula is C25H22FN3O. The zero-order valence-corrected chi connectivity index (χ0v) is 16.9. The highest BCUT2D eigenvalue weighted by Crippen LogP contribution is 2.50. The van der Waals surface area contributed by atoms with Gasteiger partial charge in [-0.3, -0.25) is 4.79 Å². The van der Waals surface area contributed by atoms with Crippen LogP contribution in [0.5, 0.6) is 0 Å². The number of hydrogen-bond donors (Lipinski definition) is 0. The molecule has 2 atom stereocenters. The molecule has 3 aromatic rings. The molecular weight excluding hydrogens is 377 g/mol. The van der Waals surface area contributed by atoms with Gasteiger partial charge >= 0.3 is 0 Å². The second-order valence-corrected chi connectivity index (χ2v) is 8.17. The lowest BCUT2D eigenvalue weighted by atomic mass is 9.75. The highest BCUT2D eigenvalue weighted by Gasteiger charge is 2.53. The molecule has 0 aromatic heterocycles. The van der Waals surface area contributed by atoms with Gasteiger partial charge in [0, 0.05) is 30.1 Å². The van der Waals surface area contributed by atoms with Crippen LogP contribution < -0.4 is 4.90 Å². The summed E-state index contributed by atoms with van der Waals surface area (Å²) in [5, 5.41) is 6.42. The molecule has 2 aliphatic heterocycles. The third-order valence-corrected chi connectivity index (χ3v) is 6.24. The molecule has 0 bridgehead atoms. The largest absolute Gasteiger partial charge is 0.352 e. The van der Waals surface area contributed by atoms with Crippen molar-refractivity contribution in [2.24, 2.45) is 5.10 Å². The van der Waals surface area contributed by atoms with Gasteiger partial charge in [-0.25, -0.2) is 9.40 Å². The maximum absolute atomic E-state index is 13.5. The second-order valence-electron chi connectivity index (χ2n) is 8.17. The van der Waals surface area contributed by atoms with Crippen molar-refractivity contribution in [2.45, 2.75) is 24.9 Å². The quantitative estimate of drug-likeness (QED) is 0.620. The molecule has 0 aliphatic carbocycles. The SMILES string of the molecule is CN1c2ccccc2[C@@]2(C)CC(c3ccc(F)cc3)=NN(C(=O)c3ccccc3)[C@@H]12. The Morgan fingerprint density at radius 3 is 2.40 bits per heavy atom. The first-order valence-corrected chi connectivity index (χ1v) is 10.0. The third kappa shape index (κ3) is 2.73. The summed E-state index contributed by atoms with van der Waals surface area (Å²) in [6, 6.07) is 23.8. The van der Waals surface area contributed by atoms with Gasteiger partial charge < -0.3 is 4.90 Å². The smallest absolute Gasteiger partial charge is 0.275 e. The Labute approximate surface area is 175 Å². The average molecular weight is 399 g/mol. The molecule has 2 heterocycles. The minimum atomic E-state index is -0.346. The van der Waals surface area contributed by atoms with E-state index in [2.05, 4.69) is 24.0 Å². The van der Waals surface area contributed by atoms with Crippen LogP contribution in [0.2, 0.25) is 0 Å². The number of halogens is 1. The summed E-state index contributed by atoms with van der Waals surface area (Å²) in [4.78, 5) is 15.7. The monoisotopic (exact) mass is 399 g/mol. The second kappa shape index (κ2) is 6.80. The van der Waals surface area contributed by atoms with Crippen LogP contribution in [0.4, 0.5) is 10.1 Å². The summed E-state index contributed by atoms with van der Waals surface area (Å²) >= 11 is 0. The van der Waals surface area contributed by atoms with Crippen molar-refractivity contribution in [3.63, 3.8) is 0 Å². The summed E-state index contributed by atoms with van der Waals surface area (Å²) in [6.07, 6.45) is 0.412. The molecule has 2 aliphatic rings. The molecule has 0 saturated carbocycles. The van der Waals surface area contributed by atoms with E-state index in [1.807, 2.05) is 49.5 Å². The summed E-state index contributed by atoms with van der Waals surface area (Å²) in [5.74, 6) is -0.437. The van der Waals surface area contributed by atoms with Crippen molar-refractivity contribution >= 4 is 17.3 Å². The summed E-state index contributed by atoms with van der Waals surface area (Å²) in [7, 11) is 2.01. The third-order valence-electron chi connectivity index (χ3n) is 6.24. The number of hydrazone groups is 1. The zero-order valence-electron chi connectivity index (χ0n) is 16.9. The number of amides is 1. The van der Waals surface area contributed by atoms with E-state index in [9.17, 15) is 9.18 Å². The van der Waals surface area contributed by atoms with Crippen LogP contribution >= 0.6 is 0 Å². The van der Waals surface area contributed by atoms with E-state index in [0.29, 0.717) is 12.0 Å². The normalized spacial score (nSPS) is 22.4. The molecule has 0 spiro atoms. The Hall–Kier alpha value is -3.47. The Morgan fingerprint density at radius 1 is 1.00 bits per heavy atom. The van der Waals surface area contributed by atoms with E-state index in [-0.39, 0.29) is 23.3 Å². The lowest BCUT2D eigenvalue weighted by Crippen LogP contribution is -2.57. The molecule has 0 saturated heterocycles. The highest BCUT2D eigenvalue weighted by atomic mass is 19.1. The predicted octanol–water partition coefficient (Wildman–Crippen LogP) is 4.81. The van der Waals surface area contributed by atoms with Crippen molar-refractivity contribution < 1.29 is 9.18 Å². The average Bonchev–Trinajstić information content (AvgIpc) is 3.01. The molecule has 3 aromatic carbocycles. The van der Waals surface area contributed by atoms with Gasteiger partial charge in [0.1, 0.15) is 12.0 Å². The van der Waals surface area contributed by atoms with E-state index in [1.54, 1.807) is 17.1 Å². The fraction of sp³-hybridized carbons (Fsp3) is 0.200. The molecule has 0 fully saturated rings. The standard InChI is InChI=1S/C25H22FN3O/c1-25-16-21(17-12-14-19(26)15-13-17)27-29(23(30)18-8-4-3-5-9-18)24(25)28(2)22-11-7-6-10-20(22)25/h3-15,24H,16H2,1-2H3/t24-,25-/m1/s1. The van der Waals surface area contributed by atoms with Crippen molar-refractivity contribution in [1.29, 1.82) is 0 Å². The number of rotatable bonds is 2. The van der Waals surface area contributed by atoms with E-state index in [1.165, 1.54) is 17.7 Å². The van der Waals surface area contributed by atoms with Crippen molar-refractivity contribution in [3.05, 3.63) is 101 Å². The Balaban J connectivity index is 1.67. The number of para-hydroxylation sites is 1. The van der Waals surface area contributed by atoms with Gasteiger partial charge in [0.05, 0.1) is 5.71 Å². The Morgan fingerprint density at radius 2 is 1.67 bits per heavy atom. The van der Waals surface area contributed by atoms with Gasteiger partial charge in [0.25, 0.3) is 5.91 Å². The minimum Gasteiger partial charge on any atom is -0.352 e. The predicted molar refractivity (Wildman–Crippen MR) is 116 cm³/mol. The van der Waals surface area contributed by atoms with Gasteiger partial charge in [0.2, 0.25) is 0 Å². The first kappa shape index (κ1) is 18.6. The van der Waals surface area contributed by atoms with E-state index < -0.39 is 0 Å².